The zero-order chi connectivity index (χ0) is 19.6. The van der Waals surface area contributed by atoms with Crippen LogP contribution in [0, 0.1) is 5.92 Å². The molecule has 2 rings (SSSR count). The molecule has 3 N–H and O–H groups in total. The molecule has 0 fully saturated rings. The van der Waals surface area contributed by atoms with Gasteiger partial charge >= 0.3 is 0 Å². The molecule has 0 spiro atoms. The van der Waals surface area contributed by atoms with E-state index in [0.717, 1.165) is 17.9 Å². The van der Waals surface area contributed by atoms with E-state index in [1.165, 1.54) is 0 Å². The molecule has 0 aliphatic heterocycles. The van der Waals surface area contributed by atoms with Crippen molar-refractivity contribution in [1.29, 1.82) is 0 Å². The summed E-state index contributed by atoms with van der Waals surface area (Å²) in [4.78, 5) is 24.0. The van der Waals surface area contributed by atoms with Crippen LogP contribution in [-0.2, 0) is 9.59 Å². The SMILES string of the molecule is CCCOc1cccc(NC(=O)CNc2cccc(NC(=O)C(C)C)c2)c1. The number of carbonyl (C=O) groups is 2. The van der Waals surface area contributed by atoms with Gasteiger partial charge in [0.15, 0.2) is 0 Å². The van der Waals surface area contributed by atoms with Crippen LogP contribution >= 0.6 is 0 Å². The van der Waals surface area contributed by atoms with Gasteiger partial charge in [0.1, 0.15) is 5.75 Å². The predicted octanol–water partition coefficient (Wildman–Crippen LogP) is 4.12. The van der Waals surface area contributed by atoms with Crippen molar-refractivity contribution < 1.29 is 14.3 Å². The number of ether oxygens (including phenoxy) is 1. The molecular weight excluding hydrogens is 342 g/mol. The Balaban J connectivity index is 1.87. The highest BCUT2D eigenvalue weighted by molar-refractivity contribution is 5.94. The van der Waals surface area contributed by atoms with Crippen molar-refractivity contribution in [3.63, 3.8) is 0 Å². The smallest absolute Gasteiger partial charge is 0.243 e. The largest absolute Gasteiger partial charge is 0.494 e. The van der Waals surface area contributed by atoms with E-state index in [9.17, 15) is 9.59 Å². The van der Waals surface area contributed by atoms with Gasteiger partial charge in [-0.15, -0.1) is 0 Å². The van der Waals surface area contributed by atoms with E-state index in [1.54, 1.807) is 12.1 Å². The van der Waals surface area contributed by atoms with Crippen LogP contribution in [0.2, 0.25) is 0 Å². The molecule has 144 valence electrons. The van der Waals surface area contributed by atoms with E-state index in [-0.39, 0.29) is 24.3 Å². The Morgan fingerprint density at radius 2 is 1.63 bits per heavy atom. The second kappa shape index (κ2) is 10.2. The lowest BCUT2D eigenvalue weighted by atomic mass is 10.2. The van der Waals surface area contributed by atoms with Gasteiger partial charge in [0.2, 0.25) is 11.8 Å². The molecule has 0 unspecified atom stereocenters. The molecular formula is C21H27N3O3. The van der Waals surface area contributed by atoms with Gasteiger partial charge in [-0.1, -0.05) is 32.9 Å². The third-order valence-electron chi connectivity index (χ3n) is 3.70. The highest BCUT2D eigenvalue weighted by atomic mass is 16.5. The fourth-order valence-electron chi connectivity index (χ4n) is 2.26. The van der Waals surface area contributed by atoms with Crippen molar-refractivity contribution in [2.45, 2.75) is 27.2 Å². The molecule has 6 heteroatoms. The van der Waals surface area contributed by atoms with Gasteiger partial charge in [-0.2, -0.15) is 0 Å². The summed E-state index contributed by atoms with van der Waals surface area (Å²) in [5.41, 5.74) is 2.14. The number of carbonyl (C=O) groups excluding carboxylic acids is 2. The Morgan fingerprint density at radius 3 is 2.33 bits per heavy atom. The second-order valence-electron chi connectivity index (χ2n) is 6.50. The van der Waals surface area contributed by atoms with Crippen LogP contribution in [0.15, 0.2) is 48.5 Å². The van der Waals surface area contributed by atoms with Crippen molar-refractivity contribution in [3.05, 3.63) is 48.5 Å². The number of benzene rings is 2. The van der Waals surface area contributed by atoms with Crippen LogP contribution in [-0.4, -0.2) is 25.0 Å². The third kappa shape index (κ3) is 7.01. The number of anilines is 3. The van der Waals surface area contributed by atoms with Crippen LogP contribution in [0.5, 0.6) is 5.75 Å². The predicted molar refractivity (Wildman–Crippen MR) is 109 cm³/mol. The van der Waals surface area contributed by atoms with Gasteiger partial charge in [-0.3, -0.25) is 9.59 Å². The summed E-state index contributed by atoms with van der Waals surface area (Å²) < 4.78 is 5.57. The van der Waals surface area contributed by atoms with Crippen LogP contribution in [0.3, 0.4) is 0 Å². The first-order valence-electron chi connectivity index (χ1n) is 9.15. The van der Waals surface area contributed by atoms with Crippen molar-refractivity contribution >= 4 is 28.9 Å². The highest BCUT2D eigenvalue weighted by Crippen LogP contribution is 2.18. The first-order chi connectivity index (χ1) is 13.0. The van der Waals surface area contributed by atoms with Crippen molar-refractivity contribution in [3.8, 4) is 5.75 Å². The molecule has 2 amide bonds. The normalized spacial score (nSPS) is 10.4. The third-order valence-corrected chi connectivity index (χ3v) is 3.70. The zero-order valence-electron chi connectivity index (χ0n) is 16.0. The topological polar surface area (TPSA) is 79.5 Å². The highest BCUT2D eigenvalue weighted by Gasteiger charge is 2.08. The van der Waals surface area contributed by atoms with Crippen LogP contribution in [0.1, 0.15) is 27.2 Å². The summed E-state index contributed by atoms with van der Waals surface area (Å²) in [5, 5.41) is 8.74. The molecule has 2 aromatic carbocycles. The first-order valence-corrected chi connectivity index (χ1v) is 9.15. The number of hydrogen-bond acceptors (Lipinski definition) is 4. The zero-order valence-corrected chi connectivity index (χ0v) is 16.0. The summed E-state index contributed by atoms with van der Waals surface area (Å²) in [6.45, 7) is 6.47. The van der Waals surface area contributed by atoms with E-state index >= 15 is 0 Å². The van der Waals surface area contributed by atoms with E-state index < -0.39 is 0 Å². The Labute approximate surface area is 160 Å². The average Bonchev–Trinajstić information content (AvgIpc) is 2.65. The first kappa shape index (κ1) is 20.3. The molecule has 0 aliphatic rings. The standard InChI is InChI=1S/C21H27N3O3/c1-4-11-27-19-10-6-9-18(13-19)23-20(25)14-22-16-7-5-8-17(12-16)24-21(26)15(2)3/h5-10,12-13,15,22H,4,11,14H2,1-3H3,(H,23,25)(H,24,26). The van der Waals surface area contributed by atoms with Crippen LogP contribution in [0.25, 0.3) is 0 Å². The number of nitrogens with one attached hydrogen (secondary N) is 3. The van der Waals surface area contributed by atoms with Gasteiger partial charge in [-0.05, 0) is 36.8 Å². The molecule has 0 saturated heterocycles. The number of hydrogen-bond donors (Lipinski definition) is 3. The summed E-state index contributed by atoms with van der Waals surface area (Å²) in [7, 11) is 0. The monoisotopic (exact) mass is 369 g/mol. The minimum Gasteiger partial charge on any atom is -0.494 e. The maximum Gasteiger partial charge on any atom is 0.243 e. The maximum absolute atomic E-state index is 12.2. The van der Waals surface area contributed by atoms with Crippen LogP contribution in [0.4, 0.5) is 17.1 Å². The average molecular weight is 369 g/mol. The Hall–Kier alpha value is -3.02. The molecule has 0 radical (unpaired) electrons. The molecule has 0 bridgehead atoms. The summed E-state index contributed by atoms with van der Waals surface area (Å²) in [6.07, 6.45) is 0.928. The summed E-state index contributed by atoms with van der Waals surface area (Å²) in [5.74, 6) is 0.426. The fourth-order valence-corrected chi connectivity index (χ4v) is 2.26. The lowest BCUT2D eigenvalue weighted by molar-refractivity contribution is -0.119. The number of rotatable bonds is 9. The number of amides is 2. The minimum absolute atomic E-state index is 0.0462. The molecule has 6 nitrogen and oxygen atoms in total. The van der Waals surface area contributed by atoms with E-state index in [2.05, 4.69) is 16.0 Å². The Morgan fingerprint density at radius 1 is 0.963 bits per heavy atom. The Bertz CT molecular complexity index is 775. The van der Waals surface area contributed by atoms with Gasteiger partial charge in [0.05, 0.1) is 13.2 Å². The molecule has 2 aromatic rings. The second-order valence-corrected chi connectivity index (χ2v) is 6.50. The minimum atomic E-state index is -0.167. The van der Waals surface area contributed by atoms with E-state index in [4.69, 9.17) is 4.74 Å². The van der Waals surface area contributed by atoms with Crippen molar-refractivity contribution in [2.75, 3.05) is 29.1 Å². The van der Waals surface area contributed by atoms with Gasteiger partial charge in [0, 0.05) is 29.0 Å². The van der Waals surface area contributed by atoms with Crippen LogP contribution < -0.4 is 20.7 Å². The lowest BCUT2D eigenvalue weighted by Gasteiger charge is -2.11. The molecule has 0 heterocycles. The fraction of sp³-hybridized carbons (Fsp3) is 0.333. The maximum atomic E-state index is 12.2. The molecule has 27 heavy (non-hydrogen) atoms. The van der Waals surface area contributed by atoms with Gasteiger partial charge in [-0.25, -0.2) is 0 Å². The van der Waals surface area contributed by atoms with Crippen molar-refractivity contribution in [2.24, 2.45) is 5.92 Å². The van der Waals surface area contributed by atoms with Gasteiger partial charge < -0.3 is 20.7 Å². The quantitative estimate of drug-likeness (QED) is 0.621. The lowest BCUT2D eigenvalue weighted by Crippen LogP contribution is -2.22. The molecule has 0 atom stereocenters. The molecule has 0 aliphatic carbocycles. The summed E-state index contributed by atoms with van der Waals surface area (Å²) in [6, 6.07) is 14.6. The molecule has 0 saturated carbocycles. The van der Waals surface area contributed by atoms with E-state index in [1.807, 2.05) is 57.2 Å². The van der Waals surface area contributed by atoms with Crippen molar-refractivity contribution in [1.82, 2.24) is 0 Å². The summed E-state index contributed by atoms with van der Waals surface area (Å²) >= 11 is 0. The Kier molecular flexibility index (Phi) is 7.67. The van der Waals surface area contributed by atoms with Gasteiger partial charge in [0.25, 0.3) is 0 Å². The van der Waals surface area contributed by atoms with E-state index in [0.29, 0.717) is 18.0 Å². The molecule has 0 aromatic heterocycles.